The van der Waals surface area contributed by atoms with Crippen molar-refractivity contribution in [1.82, 2.24) is 9.80 Å². The lowest BCUT2D eigenvalue weighted by Gasteiger charge is -2.39. The second-order valence-corrected chi connectivity index (χ2v) is 9.92. The predicted octanol–water partition coefficient (Wildman–Crippen LogP) is 1.65. The number of hydrogen-bond donors (Lipinski definition) is 2. The summed E-state index contributed by atoms with van der Waals surface area (Å²) >= 11 is 1.45. The summed E-state index contributed by atoms with van der Waals surface area (Å²) in [6, 6.07) is 6.91. The molecule has 1 aliphatic carbocycles. The van der Waals surface area contributed by atoms with Crippen molar-refractivity contribution in [1.29, 1.82) is 0 Å². The molecule has 1 saturated heterocycles. The van der Waals surface area contributed by atoms with Gasteiger partial charge in [-0.15, -0.1) is 11.3 Å². The normalized spacial score (nSPS) is 20.5. The maximum atomic E-state index is 13.0. The van der Waals surface area contributed by atoms with Crippen molar-refractivity contribution in [2.24, 2.45) is 5.73 Å². The molecule has 5 rings (SSSR count). The van der Waals surface area contributed by atoms with Crippen molar-refractivity contribution in [2.75, 3.05) is 38.1 Å². The van der Waals surface area contributed by atoms with Crippen LogP contribution in [0.1, 0.15) is 34.1 Å². The van der Waals surface area contributed by atoms with Crippen molar-refractivity contribution in [3.05, 3.63) is 40.3 Å². The SMILES string of the molecule is C[C@H](C(=O)Nc1sc2c(c1C(N)=O)CCC2)N1CCN(C(=O)[C@@H]2COc3ccccc3O2)CC1. The molecule has 3 amide bonds. The lowest BCUT2D eigenvalue weighted by molar-refractivity contribution is -0.143. The summed E-state index contributed by atoms with van der Waals surface area (Å²) in [5.74, 6) is 0.442. The molecule has 3 aliphatic rings. The van der Waals surface area contributed by atoms with E-state index >= 15 is 0 Å². The Kier molecular flexibility index (Phi) is 6.18. The minimum absolute atomic E-state index is 0.106. The Labute approximate surface area is 201 Å². The van der Waals surface area contributed by atoms with Crippen LogP contribution >= 0.6 is 11.3 Å². The summed E-state index contributed by atoms with van der Waals surface area (Å²) < 4.78 is 11.5. The molecule has 34 heavy (non-hydrogen) atoms. The number of nitrogens with two attached hydrogens (primary N) is 1. The van der Waals surface area contributed by atoms with Crippen LogP contribution in [-0.2, 0) is 22.4 Å². The van der Waals surface area contributed by atoms with Gasteiger partial charge in [0.15, 0.2) is 11.5 Å². The van der Waals surface area contributed by atoms with Gasteiger partial charge in [-0.3, -0.25) is 19.3 Å². The number of rotatable bonds is 5. The Morgan fingerprint density at radius 1 is 1.12 bits per heavy atom. The number of carbonyl (C=O) groups excluding carboxylic acids is 3. The number of carbonyl (C=O) groups is 3. The van der Waals surface area contributed by atoms with Gasteiger partial charge in [0.2, 0.25) is 12.0 Å². The molecule has 0 spiro atoms. The molecule has 3 heterocycles. The number of para-hydroxylation sites is 2. The van der Waals surface area contributed by atoms with Crippen LogP contribution in [0.3, 0.4) is 0 Å². The lowest BCUT2D eigenvalue weighted by Crippen LogP contribution is -2.57. The van der Waals surface area contributed by atoms with Crippen molar-refractivity contribution < 1.29 is 23.9 Å². The molecule has 1 aromatic heterocycles. The van der Waals surface area contributed by atoms with Crippen molar-refractivity contribution in [3.8, 4) is 11.5 Å². The van der Waals surface area contributed by atoms with Crippen molar-refractivity contribution in [3.63, 3.8) is 0 Å². The first-order valence-electron chi connectivity index (χ1n) is 11.6. The summed E-state index contributed by atoms with van der Waals surface area (Å²) in [7, 11) is 0. The first-order valence-corrected chi connectivity index (χ1v) is 12.4. The zero-order chi connectivity index (χ0) is 23.8. The van der Waals surface area contributed by atoms with Gasteiger partial charge in [-0.05, 0) is 43.9 Å². The summed E-state index contributed by atoms with van der Waals surface area (Å²) in [4.78, 5) is 42.9. The molecular weight excluding hydrogens is 456 g/mol. The minimum Gasteiger partial charge on any atom is -0.485 e. The van der Waals surface area contributed by atoms with Gasteiger partial charge in [0.1, 0.15) is 11.6 Å². The molecule has 0 unspecified atom stereocenters. The van der Waals surface area contributed by atoms with E-state index in [4.69, 9.17) is 15.2 Å². The minimum atomic E-state index is -0.671. The fourth-order valence-electron chi connectivity index (χ4n) is 4.81. The van der Waals surface area contributed by atoms with Gasteiger partial charge in [0.25, 0.3) is 11.8 Å². The average Bonchev–Trinajstić information content (AvgIpc) is 3.43. The lowest BCUT2D eigenvalue weighted by atomic mass is 10.1. The van der Waals surface area contributed by atoms with Gasteiger partial charge in [0, 0.05) is 31.1 Å². The van der Waals surface area contributed by atoms with E-state index in [1.807, 2.05) is 30.0 Å². The molecule has 0 saturated carbocycles. The number of thiophene rings is 1. The molecule has 3 N–H and O–H groups in total. The number of amides is 3. The molecule has 2 aromatic rings. The average molecular weight is 485 g/mol. The highest BCUT2D eigenvalue weighted by molar-refractivity contribution is 7.17. The zero-order valence-electron chi connectivity index (χ0n) is 19.0. The number of piperazine rings is 1. The molecule has 10 heteroatoms. The van der Waals surface area contributed by atoms with E-state index in [1.54, 1.807) is 11.0 Å². The third kappa shape index (κ3) is 4.23. The van der Waals surface area contributed by atoms with Gasteiger partial charge in [-0.1, -0.05) is 12.1 Å². The Balaban J connectivity index is 1.16. The van der Waals surface area contributed by atoms with Crippen LogP contribution in [0.2, 0.25) is 0 Å². The topological polar surface area (TPSA) is 114 Å². The van der Waals surface area contributed by atoms with Gasteiger partial charge in [0.05, 0.1) is 11.6 Å². The fourth-order valence-corrected chi connectivity index (χ4v) is 6.11. The fraction of sp³-hybridized carbons (Fsp3) is 0.458. The number of nitrogens with zero attached hydrogens (tertiary/aromatic N) is 2. The number of benzene rings is 1. The third-order valence-corrected chi connectivity index (χ3v) is 7.95. The number of aryl methyl sites for hydroxylation is 1. The Bertz CT molecular complexity index is 1120. The standard InChI is InChI=1S/C24H28N4O5S/c1-14(22(30)26-23-20(21(25)29)15-5-4-8-19(15)34-23)27-9-11-28(12-10-27)24(31)18-13-32-16-6-2-3-7-17(16)33-18/h2-3,6-7,14,18H,4-5,8-13H2,1H3,(H2,25,29)(H,26,30)/t14-,18+/m1/s1. The van der Waals surface area contributed by atoms with Crippen LogP contribution < -0.4 is 20.5 Å². The van der Waals surface area contributed by atoms with Gasteiger partial charge in [-0.2, -0.15) is 0 Å². The highest BCUT2D eigenvalue weighted by Crippen LogP contribution is 2.39. The van der Waals surface area contributed by atoms with E-state index in [0.717, 1.165) is 29.7 Å². The molecule has 1 fully saturated rings. The molecule has 9 nitrogen and oxygen atoms in total. The number of hydrogen-bond acceptors (Lipinski definition) is 7. The summed E-state index contributed by atoms with van der Waals surface area (Å²) in [5, 5.41) is 3.49. The Morgan fingerprint density at radius 2 is 1.85 bits per heavy atom. The highest BCUT2D eigenvalue weighted by atomic mass is 32.1. The second kappa shape index (κ2) is 9.27. The first kappa shape index (κ1) is 22.7. The molecular formula is C24H28N4O5S. The van der Waals surface area contributed by atoms with Crippen molar-refractivity contribution >= 4 is 34.1 Å². The predicted molar refractivity (Wildman–Crippen MR) is 127 cm³/mol. The van der Waals surface area contributed by atoms with Crippen LogP contribution in [0.5, 0.6) is 11.5 Å². The van der Waals surface area contributed by atoms with E-state index in [-0.39, 0.29) is 18.4 Å². The number of primary amides is 1. The highest BCUT2D eigenvalue weighted by Gasteiger charge is 2.35. The van der Waals surface area contributed by atoms with E-state index in [2.05, 4.69) is 5.32 Å². The molecule has 180 valence electrons. The van der Waals surface area contributed by atoms with Crippen LogP contribution in [0.4, 0.5) is 5.00 Å². The van der Waals surface area contributed by atoms with Gasteiger partial charge >= 0.3 is 0 Å². The molecule has 1 aromatic carbocycles. The number of nitrogens with one attached hydrogen (secondary N) is 1. The zero-order valence-corrected chi connectivity index (χ0v) is 19.9. The first-order chi connectivity index (χ1) is 16.4. The number of fused-ring (bicyclic) bond motifs is 2. The van der Waals surface area contributed by atoms with Crippen LogP contribution in [0, 0.1) is 0 Å². The van der Waals surface area contributed by atoms with E-state index in [1.165, 1.54) is 11.3 Å². The number of ether oxygens (including phenoxy) is 2. The summed E-state index contributed by atoms with van der Waals surface area (Å²) in [6.07, 6.45) is 2.09. The van der Waals surface area contributed by atoms with Crippen molar-refractivity contribution in [2.45, 2.75) is 38.3 Å². The van der Waals surface area contributed by atoms with Gasteiger partial charge in [-0.25, -0.2) is 0 Å². The third-order valence-electron chi connectivity index (χ3n) is 6.74. The summed E-state index contributed by atoms with van der Waals surface area (Å²) in [6.45, 7) is 4.15. The number of anilines is 1. The second-order valence-electron chi connectivity index (χ2n) is 8.82. The Morgan fingerprint density at radius 3 is 2.59 bits per heavy atom. The molecule has 0 radical (unpaired) electrons. The van der Waals surface area contributed by atoms with E-state index in [0.29, 0.717) is 48.2 Å². The monoisotopic (exact) mass is 484 g/mol. The molecule has 2 aliphatic heterocycles. The van der Waals surface area contributed by atoms with Crippen LogP contribution in [0.15, 0.2) is 24.3 Å². The quantitative estimate of drug-likeness (QED) is 0.667. The summed E-state index contributed by atoms with van der Waals surface area (Å²) in [5.41, 5.74) is 7.06. The van der Waals surface area contributed by atoms with E-state index in [9.17, 15) is 14.4 Å². The largest absolute Gasteiger partial charge is 0.485 e. The van der Waals surface area contributed by atoms with Crippen LogP contribution in [-0.4, -0.2) is 72.5 Å². The van der Waals surface area contributed by atoms with Crippen LogP contribution in [0.25, 0.3) is 0 Å². The smallest absolute Gasteiger partial charge is 0.267 e. The maximum absolute atomic E-state index is 13.0. The molecule has 0 bridgehead atoms. The maximum Gasteiger partial charge on any atom is 0.267 e. The molecule has 2 atom stereocenters. The van der Waals surface area contributed by atoms with E-state index < -0.39 is 18.1 Å². The van der Waals surface area contributed by atoms with Gasteiger partial charge < -0.3 is 25.4 Å². The Hall–Kier alpha value is -3.11.